The minimum atomic E-state index is 0. The molecule has 328 valence electrons. The molecule has 0 aliphatic carbocycles. The summed E-state index contributed by atoms with van der Waals surface area (Å²) in [5.41, 5.74) is 22.9. The summed E-state index contributed by atoms with van der Waals surface area (Å²) in [5, 5.41) is 4.51. The van der Waals surface area contributed by atoms with E-state index in [1.165, 1.54) is 50.1 Å². The molecule has 0 unspecified atom stereocenters. The van der Waals surface area contributed by atoms with E-state index in [2.05, 4.69) is 175 Å². The molecule has 68 heavy (non-hydrogen) atoms. The summed E-state index contributed by atoms with van der Waals surface area (Å²) >= 11 is 0. The molecule has 6 aromatic heterocycles. The number of fused-ring (bicyclic) bond motifs is 6. The zero-order valence-corrected chi connectivity index (χ0v) is 39.0. The van der Waals surface area contributed by atoms with Crippen LogP contribution in [0.4, 0.5) is 0 Å². The summed E-state index contributed by atoms with van der Waals surface area (Å²) < 4.78 is 0. The Morgan fingerprint density at radius 1 is 0.324 bits per heavy atom. The van der Waals surface area contributed by atoms with E-state index in [0.717, 1.165) is 60.6 Å². The Labute approximate surface area is 408 Å². The van der Waals surface area contributed by atoms with Gasteiger partial charge in [0.05, 0.1) is 33.5 Å². The molecular formula is C60H45N7Ru. The van der Waals surface area contributed by atoms with Crippen LogP contribution in [0.1, 0.15) is 11.1 Å². The number of nitrogens with two attached hydrogens (primary N) is 1. The van der Waals surface area contributed by atoms with Crippen LogP contribution in [-0.4, -0.2) is 29.9 Å². The van der Waals surface area contributed by atoms with Crippen molar-refractivity contribution in [2.24, 2.45) is 5.73 Å². The Morgan fingerprint density at radius 2 is 0.618 bits per heavy atom. The van der Waals surface area contributed by atoms with Gasteiger partial charge < -0.3 is 5.73 Å². The van der Waals surface area contributed by atoms with Crippen molar-refractivity contribution < 1.29 is 19.5 Å². The molecule has 6 aromatic carbocycles. The molecule has 8 heteroatoms. The number of aromatic nitrogens is 6. The van der Waals surface area contributed by atoms with Crippen LogP contribution in [0.15, 0.2) is 231 Å². The first-order valence-electron chi connectivity index (χ1n) is 22.3. The summed E-state index contributed by atoms with van der Waals surface area (Å²) in [4.78, 5) is 27.2. The zero-order chi connectivity index (χ0) is 45.4. The van der Waals surface area contributed by atoms with Crippen molar-refractivity contribution in [3.63, 3.8) is 0 Å². The van der Waals surface area contributed by atoms with Crippen LogP contribution in [0.3, 0.4) is 0 Å². The SMILES string of the molecule is Cc1ccnc(-c2cc(CN)ccn2)c1.[Ru].c1ccc(-c2ccnc3c2ccc2c(-c4ccccc4)ccnc23)cc1.c1ccc(-c2ccnc3c2ccc2c(-c4ccccc4)ccnc23)cc1. The third-order valence-corrected chi connectivity index (χ3v) is 11.8. The van der Waals surface area contributed by atoms with Crippen LogP contribution in [-0.2, 0) is 26.0 Å². The summed E-state index contributed by atoms with van der Waals surface area (Å²) in [6.45, 7) is 2.57. The van der Waals surface area contributed by atoms with Gasteiger partial charge in [-0.2, -0.15) is 0 Å². The normalized spacial score (nSPS) is 10.7. The van der Waals surface area contributed by atoms with E-state index >= 15 is 0 Å². The fourth-order valence-corrected chi connectivity index (χ4v) is 8.55. The van der Waals surface area contributed by atoms with Crippen LogP contribution >= 0.6 is 0 Å². The minimum absolute atomic E-state index is 0. The van der Waals surface area contributed by atoms with Crippen LogP contribution in [0.25, 0.3) is 99.5 Å². The van der Waals surface area contributed by atoms with Crippen LogP contribution in [0.5, 0.6) is 0 Å². The van der Waals surface area contributed by atoms with Crippen molar-refractivity contribution in [2.45, 2.75) is 13.5 Å². The molecule has 12 rings (SSSR count). The predicted molar refractivity (Wildman–Crippen MR) is 276 cm³/mol. The maximum absolute atomic E-state index is 5.58. The van der Waals surface area contributed by atoms with Gasteiger partial charge in [-0.3, -0.25) is 29.9 Å². The van der Waals surface area contributed by atoms with Gasteiger partial charge >= 0.3 is 0 Å². The van der Waals surface area contributed by atoms with Crippen molar-refractivity contribution in [1.82, 2.24) is 29.9 Å². The molecule has 0 saturated heterocycles. The van der Waals surface area contributed by atoms with Crippen molar-refractivity contribution in [2.75, 3.05) is 0 Å². The topological polar surface area (TPSA) is 103 Å². The second kappa shape index (κ2) is 21.0. The molecule has 0 amide bonds. The monoisotopic (exact) mass is 965 g/mol. The van der Waals surface area contributed by atoms with Gasteiger partial charge in [0.1, 0.15) is 0 Å². The molecule has 2 N–H and O–H groups in total. The van der Waals surface area contributed by atoms with E-state index in [0.29, 0.717) is 6.54 Å². The number of pyridine rings is 6. The number of hydrogen-bond acceptors (Lipinski definition) is 7. The van der Waals surface area contributed by atoms with Crippen LogP contribution in [0, 0.1) is 6.92 Å². The maximum atomic E-state index is 5.58. The van der Waals surface area contributed by atoms with Crippen LogP contribution < -0.4 is 5.73 Å². The van der Waals surface area contributed by atoms with E-state index in [9.17, 15) is 0 Å². The molecule has 12 aromatic rings. The van der Waals surface area contributed by atoms with Crippen molar-refractivity contribution >= 4 is 43.6 Å². The summed E-state index contributed by atoms with van der Waals surface area (Å²) in [7, 11) is 0. The quantitative estimate of drug-likeness (QED) is 0.131. The Balaban J connectivity index is 0.000000132. The summed E-state index contributed by atoms with van der Waals surface area (Å²) in [6, 6.07) is 66.6. The van der Waals surface area contributed by atoms with Gasteiger partial charge in [-0.05, 0) is 111 Å². The van der Waals surface area contributed by atoms with Gasteiger partial charge in [-0.25, -0.2) is 0 Å². The summed E-state index contributed by atoms with van der Waals surface area (Å²) in [5.74, 6) is 0. The molecule has 0 aliphatic rings. The van der Waals surface area contributed by atoms with E-state index in [-0.39, 0.29) is 19.5 Å². The molecule has 0 radical (unpaired) electrons. The standard InChI is InChI=1S/2C24H16N2.C12H13N3.Ru/c2*1-3-7-17(8-4-1)19-13-15-25-23-21(19)11-12-22-20(14-16-26-24(22)23)18-9-5-2-6-10-18;1-9-2-4-14-11(6-9)12-7-10(8-13)3-5-15-12;/h2*1-16H;2-7H,8,13H2,1H3;. The molecule has 0 aliphatic heterocycles. The average molecular weight is 965 g/mol. The van der Waals surface area contributed by atoms with E-state index in [1.54, 1.807) is 12.4 Å². The van der Waals surface area contributed by atoms with Crippen molar-refractivity contribution in [3.8, 4) is 55.9 Å². The molecular weight excluding hydrogens is 920 g/mol. The van der Waals surface area contributed by atoms with Gasteiger partial charge in [0.2, 0.25) is 0 Å². The number of aryl methyl sites for hydroxylation is 1. The third kappa shape index (κ3) is 9.56. The predicted octanol–water partition coefficient (Wildman–Crippen LogP) is 14.1. The van der Waals surface area contributed by atoms with E-state index in [4.69, 9.17) is 5.73 Å². The Hall–Kier alpha value is -8.16. The largest absolute Gasteiger partial charge is 0.326 e. The zero-order valence-electron chi connectivity index (χ0n) is 37.3. The third-order valence-electron chi connectivity index (χ3n) is 11.8. The molecule has 0 saturated carbocycles. The fourth-order valence-electron chi connectivity index (χ4n) is 8.55. The van der Waals surface area contributed by atoms with Gasteiger partial charge in [-0.1, -0.05) is 146 Å². The van der Waals surface area contributed by atoms with Crippen molar-refractivity contribution in [1.29, 1.82) is 0 Å². The second-order valence-electron chi connectivity index (χ2n) is 16.1. The Kier molecular flexibility index (Phi) is 13.9. The minimum Gasteiger partial charge on any atom is -0.326 e. The van der Waals surface area contributed by atoms with E-state index in [1.807, 2.05) is 80.2 Å². The first-order chi connectivity index (χ1) is 33.1. The fraction of sp³-hybridized carbons (Fsp3) is 0.0333. The van der Waals surface area contributed by atoms with Gasteiger partial charge in [0.25, 0.3) is 0 Å². The second-order valence-corrected chi connectivity index (χ2v) is 16.1. The molecule has 6 heterocycles. The number of benzene rings is 6. The number of rotatable bonds is 6. The number of nitrogens with zero attached hydrogens (tertiary/aromatic N) is 6. The summed E-state index contributed by atoms with van der Waals surface area (Å²) in [6.07, 6.45) is 11.1. The van der Waals surface area contributed by atoms with E-state index < -0.39 is 0 Å². The van der Waals surface area contributed by atoms with Crippen molar-refractivity contribution in [3.05, 3.63) is 242 Å². The van der Waals surface area contributed by atoms with Gasteiger partial charge in [0, 0.05) is 84.7 Å². The molecule has 0 atom stereocenters. The molecule has 7 nitrogen and oxygen atoms in total. The van der Waals surface area contributed by atoms with Crippen LogP contribution in [0.2, 0.25) is 0 Å². The smallest absolute Gasteiger partial charge is 0.0970 e. The first kappa shape index (κ1) is 45.0. The molecule has 0 fully saturated rings. The molecule has 0 bridgehead atoms. The Bertz CT molecular complexity index is 3230. The maximum Gasteiger partial charge on any atom is 0.0970 e. The molecule has 0 spiro atoms. The van der Waals surface area contributed by atoms with Gasteiger partial charge in [0.15, 0.2) is 0 Å². The number of hydrogen-bond donors (Lipinski definition) is 1. The average Bonchev–Trinajstić information content (AvgIpc) is 3.41. The van der Waals surface area contributed by atoms with Gasteiger partial charge in [-0.15, -0.1) is 0 Å². The Morgan fingerprint density at radius 3 is 0.926 bits per heavy atom. The first-order valence-corrected chi connectivity index (χ1v) is 22.3.